The second kappa shape index (κ2) is 10.4. The first-order valence-electron chi connectivity index (χ1n) is 9.13. The average Bonchev–Trinajstić information content (AvgIpc) is 2.57. The highest BCUT2D eigenvalue weighted by Crippen LogP contribution is 2.40. The molecule has 2 fully saturated rings. The summed E-state index contributed by atoms with van der Waals surface area (Å²) in [7, 11) is 0. The predicted octanol–water partition coefficient (Wildman–Crippen LogP) is 6.90. The largest absolute Gasteiger partial charge is 0.278 e. The summed E-state index contributed by atoms with van der Waals surface area (Å²) in [4.78, 5) is 0. The normalized spacial score (nSPS) is 31.9. The first-order valence-corrected chi connectivity index (χ1v) is 9.13. The monoisotopic (exact) mass is 336 g/mol. The van der Waals surface area contributed by atoms with Crippen LogP contribution in [-0.2, 0) is 0 Å². The number of rotatable bonds is 5. The molecule has 0 bridgehead atoms. The summed E-state index contributed by atoms with van der Waals surface area (Å²) in [5.41, 5.74) is 0. The number of allylic oxidation sites excluding steroid dienone is 1. The van der Waals surface area contributed by atoms with Gasteiger partial charge < -0.3 is 0 Å². The van der Waals surface area contributed by atoms with E-state index < -0.39 is 24.7 Å². The van der Waals surface area contributed by atoms with Gasteiger partial charge in [0, 0.05) is 5.92 Å². The summed E-state index contributed by atoms with van der Waals surface area (Å²) in [5, 5.41) is 0. The number of halogens is 4. The highest BCUT2D eigenvalue weighted by atomic mass is 19.3. The van der Waals surface area contributed by atoms with E-state index in [9.17, 15) is 17.6 Å². The molecule has 4 heteroatoms. The maximum Gasteiger partial charge on any atom is 0.278 e. The molecule has 0 heterocycles. The van der Waals surface area contributed by atoms with Crippen LogP contribution in [0.25, 0.3) is 0 Å². The van der Waals surface area contributed by atoms with Crippen LogP contribution in [0.3, 0.4) is 0 Å². The summed E-state index contributed by atoms with van der Waals surface area (Å²) in [6.45, 7) is 4.31. The molecule has 0 atom stereocenters. The van der Waals surface area contributed by atoms with E-state index in [-0.39, 0.29) is 0 Å². The van der Waals surface area contributed by atoms with Crippen molar-refractivity contribution in [3.05, 3.63) is 12.7 Å². The molecule has 0 aromatic carbocycles. The van der Waals surface area contributed by atoms with Crippen LogP contribution >= 0.6 is 0 Å². The van der Waals surface area contributed by atoms with Crippen LogP contribution in [0.15, 0.2) is 12.7 Å². The molecule has 0 aliphatic heterocycles. The quantitative estimate of drug-likeness (QED) is 0.378. The molecule has 0 amide bonds. The van der Waals surface area contributed by atoms with Crippen LogP contribution in [0.5, 0.6) is 0 Å². The summed E-state index contributed by atoms with van der Waals surface area (Å²) >= 11 is 0. The first-order chi connectivity index (χ1) is 10.9. The summed E-state index contributed by atoms with van der Waals surface area (Å²) in [5.74, 6) is -2.58. The molecule has 2 aliphatic carbocycles. The molecule has 0 aromatic heterocycles. The van der Waals surface area contributed by atoms with Crippen molar-refractivity contribution in [1.29, 1.82) is 0 Å². The molecule has 0 aromatic rings. The Balaban J connectivity index is 0.000000253. The highest BCUT2D eigenvalue weighted by molar-refractivity contribution is 4.84. The molecule has 136 valence electrons. The third-order valence-corrected chi connectivity index (χ3v) is 5.35. The molecular formula is C19H32F4. The minimum atomic E-state index is -3.07. The number of hydrogen-bond acceptors (Lipinski definition) is 0. The third kappa shape index (κ3) is 7.26. The van der Waals surface area contributed by atoms with Crippen LogP contribution < -0.4 is 0 Å². The topological polar surface area (TPSA) is 0 Å². The van der Waals surface area contributed by atoms with Gasteiger partial charge in [-0.3, -0.25) is 0 Å². The van der Waals surface area contributed by atoms with E-state index in [1.54, 1.807) is 0 Å². The Morgan fingerprint density at radius 2 is 1.57 bits per heavy atom. The standard InChI is InChI=1S/C11H19F3.C8H13F/c1-2-3-9-4-6-10(7-5-9)11(13,14)8-12;1-2-7-3-5-8(9)6-4-7/h9-10H,2-8H2,1H3;2,7-8H,1,3-6H2. The van der Waals surface area contributed by atoms with Gasteiger partial charge >= 0.3 is 0 Å². The van der Waals surface area contributed by atoms with Crippen molar-refractivity contribution in [2.75, 3.05) is 6.67 Å². The molecule has 0 saturated heterocycles. The molecule has 0 nitrogen and oxygen atoms in total. The lowest BCUT2D eigenvalue weighted by molar-refractivity contribution is -0.0910. The lowest BCUT2D eigenvalue weighted by Gasteiger charge is -2.32. The van der Waals surface area contributed by atoms with E-state index in [2.05, 4.69) is 13.5 Å². The van der Waals surface area contributed by atoms with Crippen LogP contribution in [0, 0.1) is 17.8 Å². The number of alkyl halides is 4. The zero-order valence-corrected chi connectivity index (χ0v) is 14.4. The summed E-state index contributed by atoms with van der Waals surface area (Å²) in [6.07, 6.45) is 9.89. The van der Waals surface area contributed by atoms with E-state index in [0.29, 0.717) is 24.7 Å². The molecule has 0 radical (unpaired) electrons. The van der Waals surface area contributed by atoms with Crippen molar-refractivity contribution in [2.45, 2.75) is 83.2 Å². The van der Waals surface area contributed by atoms with Crippen molar-refractivity contribution in [3.8, 4) is 0 Å². The van der Waals surface area contributed by atoms with Gasteiger partial charge in [-0.25, -0.2) is 17.6 Å². The predicted molar refractivity (Wildman–Crippen MR) is 88.3 cm³/mol. The molecule has 2 aliphatic rings. The van der Waals surface area contributed by atoms with Crippen molar-refractivity contribution in [2.24, 2.45) is 17.8 Å². The van der Waals surface area contributed by atoms with Gasteiger partial charge in [0.15, 0.2) is 6.67 Å². The van der Waals surface area contributed by atoms with Crippen LogP contribution in [0.2, 0.25) is 0 Å². The average molecular weight is 336 g/mol. The summed E-state index contributed by atoms with van der Waals surface area (Å²) in [6, 6.07) is 0. The van der Waals surface area contributed by atoms with Crippen molar-refractivity contribution in [3.63, 3.8) is 0 Å². The Bertz CT molecular complexity index is 313. The van der Waals surface area contributed by atoms with Crippen molar-refractivity contribution in [1.82, 2.24) is 0 Å². The molecular weight excluding hydrogens is 304 g/mol. The second-order valence-corrected chi connectivity index (χ2v) is 7.15. The van der Waals surface area contributed by atoms with Crippen LogP contribution in [-0.4, -0.2) is 18.8 Å². The van der Waals surface area contributed by atoms with E-state index in [1.807, 2.05) is 6.08 Å². The van der Waals surface area contributed by atoms with Crippen LogP contribution in [0.1, 0.15) is 71.1 Å². The Morgan fingerprint density at radius 3 is 2.00 bits per heavy atom. The fraction of sp³-hybridized carbons (Fsp3) is 0.895. The SMILES string of the molecule is C=CC1CCC(F)CC1.CCCC1CCC(C(F)(F)CF)CC1. The van der Waals surface area contributed by atoms with Gasteiger partial charge in [0.25, 0.3) is 5.92 Å². The van der Waals surface area contributed by atoms with E-state index in [0.717, 1.165) is 51.4 Å². The maximum absolute atomic E-state index is 13.0. The van der Waals surface area contributed by atoms with Gasteiger partial charge in [-0.15, -0.1) is 6.58 Å². The molecule has 2 saturated carbocycles. The van der Waals surface area contributed by atoms with Gasteiger partial charge in [0.2, 0.25) is 0 Å². The number of hydrogen-bond donors (Lipinski definition) is 0. The Hall–Kier alpha value is -0.540. The zero-order chi connectivity index (χ0) is 17.3. The first kappa shape index (κ1) is 20.5. The lowest BCUT2D eigenvalue weighted by Crippen LogP contribution is -2.33. The van der Waals surface area contributed by atoms with Gasteiger partial charge in [-0.05, 0) is 63.2 Å². The van der Waals surface area contributed by atoms with E-state index >= 15 is 0 Å². The van der Waals surface area contributed by atoms with E-state index in [4.69, 9.17) is 0 Å². The minimum absolute atomic E-state index is 0.502. The van der Waals surface area contributed by atoms with Gasteiger partial charge in [-0.2, -0.15) is 0 Å². The molecule has 23 heavy (non-hydrogen) atoms. The fourth-order valence-electron chi connectivity index (χ4n) is 3.71. The Morgan fingerprint density at radius 1 is 1.00 bits per heavy atom. The molecule has 0 unspecified atom stereocenters. The van der Waals surface area contributed by atoms with Gasteiger partial charge in [0.05, 0.1) is 0 Å². The van der Waals surface area contributed by atoms with Crippen molar-refractivity contribution >= 4 is 0 Å². The Kier molecular flexibility index (Phi) is 9.23. The fourth-order valence-corrected chi connectivity index (χ4v) is 3.71. The lowest BCUT2D eigenvalue weighted by atomic mass is 9.77. The second-order valence-electron chi connectivity index (χ2n) is 7.15. The minimum Gasteiger partial charge on any atom is -0.247 e. The molecule has 0 spiro atoms. The van der Waals surface area contributed by atoms with Gasteiger partial charge in [0.1, 0.15) is 6.17 Å². The maximum atomic E-state index is 13.0. The van der Waals surface area contributed by atoms with Gasteiger partial charge in [-0.1, -0.05) is 25.8 Å². The molecule has 2 rings (SSSR count). The highest BCUT2D eigenvalue weighted by Gasteiger charge is 2.41. The van der Waals surface area contributed by atoms with E-state index in [1.165, 1.54) is 0 Å². The third-order valence-electron chi connectivity index (χ3n) is 5.35. The molecule has 0 N–H and O–H groups in total. The van der Waals surface area contributed by atoms with Crippen LogP contribution in [0.4, 0.5) is 17.6 Å². The smallest absolute Gasteiger partial charge is 0.247 e. The van der Waals surface area contributed by atoms with Crippen molar-refractivity contribution < 1.29 is 17.6 Å². The Labute approximate surface area is 138 Å². The summed E-state index contributed by atoms with van der Waals surface area (Å²) < 4.78 is 50.5. The zero-order valence-electron chi connectivity index (χ0n) is 14.4.